The van der Waals surface area contributed by atoms with Crippen LogP contribution < -0.4 is 25.0 Å². The SMILES string of the molecule is COC(=O)c1c(SCC(=O)Nc2cc(OC)c(OC)c(OC)c2)[nH]c2ccc(Cl)cc2c1=O. The second-order valence-electron chi connectivity index (χ2n) is 6.59. The number of rotatable bonds is 8. The van der Waals surface area contributed by atoms with Gasteiger partial charge in [-0.1, -0.05) is 23.4 Å². The fourth-order valence-electron chi connectivity index (χ4n) is 3.12. The van der Waals surface area contributed by atoms with E-state index in [1.54, 1.807) is 24.3 Å². The van der Waals surface area contributed by atoms with Crippen molar-refractivity contribution in [3.05, 3.63) is 51.1 Å². The molecule has 2 N–H and O–H groups in total. The molecule has 0 fully saturated rings. The summed E-state index contributed by atoms with van der Waals surface area (Å²) in [5.74, 6) is -0.150. The number of ether oxygens (including phenoxy) is 4. The summed E-state index contributed by atoms with van der Waals surface area (Å²) in [6, 6.07) is 7.88. The van der Waals surface area contributed by atoms with Crippen LogP contribution >= 0.6 is 23.4 Å². The minimum Gasteiger partial charge on any atom is -0.493 e. The van der Waals surface area contributed by atoms with Gasteiger partial charge in [0.1, 0.15) is 5.56 Å². The van der Waals surface area contributed by atoms with Gasteiger partial charge < -0.3 is 29.2 Å². The Morgan fingerprint density at radius 3 is 2.27 bits per heavy atom. The van der Waals surface area contributed by atoms with Gasteiger partial charge >= 0.3 is 5.97 Å². The zero-order valence-electron chi connectivity index (χ0n) is 18.2. The van der Waals surface area contributed by atoms with Gasteiger partial charge in [0, 0.05) is 28.2 Å². The van der Waals surface area contributed by atoms with E-state index in [1.807, 2.05) is 0 Å². The van der Waals surface area contributed by atoms with Crippen LogP contribution in [0.25, 0.3) is 10.9 Å². The topological polar surface area (TPSA) is 116 Å². The van der Waals surface area contributed by atoms with E-state index in [-0.39, 0.29) is 27.6 Å². The zero-order valence-corrected chi connectivity index (χ0v) is 19.8. The highest BCUT2D eigenvalue weighted by molar-refractivity contribution is 8.00. The van der Waals surface area contributed by atoms with Gasteiger partial charge in [-0.3, -0.25) is 9.59 Å². The molecular weight excluding hydrogens is 472 g/mol. The van der Waals surface area contributed by atoms with E-state index in [1.165, 1.54) is 34.5 Å². The molecule has 11 heteroatoms. The smallest absolute Gasteiger partial charge is 0.344 e. The second-order valence-corrected chi connectivity index (χ2v) is 8.01. The van der Waals surface area contributed by atoms with Gasteiger partial charge in [0.05, 0.1) is 44.7 Å². The number of methoxy groups -OCH3 is 4. The van der Waals surface area contributed by atoms with E-state index in [2.05, 4.69) is 10.3 Å². The summed E-state index contributed by atoms with van der Waals surface area (Å²) in [6.45, 7) is 0. The fourth-order valence-corrected chi connectivity index (χ4v) is 4.14. The van der Waals surface area contributed by atoms with Crippen LogP contribution in [0, 0.1) is 0 Å². The first-order valence-electron chi connectivity index (χ1n) is 9.49. The Morgan fingerprint density at radius 1 is 1.03 bits per heavy atom. The van der Waals surface area contributed by atoms with Crippen LogP contribution in [0.4, 0.5) is 5.69 Å². The molecule has 3 rings (SSSR count). The van der Waals surface area contributed by atoms with Crippen molar-refractivity contribution in [2.24, 2.45) is 0 Å². The van der Waals surface area contributed by atoms with Gasteiger partial charge in [0.15, 0.2) is 11.5 Å². The van der Waals surface area contributed by atoms with Crippen molar-refractivity contribution in [1.29, 1.82) is 0 Å². The quantitative estimate of drug-likeness (QED) is 0.361. The molecule has 0 aliphatic rings. The monoisotopic (exact) mass is 492 g/mol. The van der Waals surface area contributed by atoms with E-state index in [0.29, 0.717) is 33.5 Å². The van der Waals surface area contributed by atoms with Crippen LogP contribution in [0.15, 0.2) is 40.2 Å². The molecule has 0 saturated carbocycles. The average Bonchev–Trinajstić information content (AvgIpc) is 2.82. The number of nitrogens with one attached hydrogen (secondary N) is 2. The molecule has 2 aromatic carbocycles. The summed E-state index contributed by atoms with van der Waals surface area (Å²) in [7, 11) is 5.59. The molecule has 0 radical (unpaired) electrons. The number of H-pyrrole nitrogens is 1. The molecule has 1 heterocycles. The lowest BCUT2D eigenvalue weighted by molar-refractivity contribution is -0.113. The molecule has 0 spiro atoms. The molecule has 174 valence electrons. The van der Waals surface area contributed by atoms with Gasteiger partial charge in [-0.25, -0.2) is 4.79 Å². The highest BCUT2D eigenvalue weighted by atomic mass is 35.5. The van der Waals surface area contributed by atoms with E-state index in [4.69, 9.17) is 30.5 Å². The summed E-state index contributed by atoms with van der Waals surface area (Å²) in [5, 5.41) is 3.54. The van der Waals surface area contributed by atoms with E-state index >= 15 is 0 Å². The molecule has 1 amide bonds. The molecule has 0 aliphatic heterocycles. The van der Waals surface area contributed by atoms with Crippen molar-refractivity contribution in [2.45, 2.75) is 5.03 Å². The third-order valence-electron chi connectivity index (χ3n) is 4.61. The molecule has 0 bridgehead atoms. The summed E-state index contributed by atoms with van der Waals surface area (Å²) in [6.07, 6.45) is 0. The van der Waals surface area contributed by atoms with E-state index in [9.17, 15) is 14.4 Å². The number of benzene rings is 2. The van der Waals surface area contributed by atoms with E-state index in [0.717, 1.165) is 11.8 Å². The van der Waals surface area contributed by atoms with Gasteiger partial charge in [0.2, 0.25) is 17.1 Å². The van der Waals surface area contributed by atoms with Crippen LogP contribution in [-0.4, -0.2) is 51.1 Å². The zero-order chi connectivity index (χ0) is 24.1. The van der Waals surface area contributed by atoms with Gasteiger partial charge in [0.25, 0.3) is 0 Å². The van der Waals surface area contributed by atoms with Crippen molar-refractivity contribution in [2.75, 3.05) is 39.5 Å². The maximum Gasteiger partial charge on any atom is 0.344 e. The Morgan fingerprint density at radius 2 is 1.70 bits per heavy atom. The van der Waals surface area contributed by atoms with Crippen LogP contribution in [0.2, 0.25) is 5.02 Å². The first kappa shape index (κ1) is 24.3. The lowest BCUT2D eigenvalue weighted by Gasteiger charge is -2.15. The lowest BCUT2D eigenvalue weighted by Crippen LogP contribution is -2.20. The Bertz CT molecular complexity index is 1250. The Balaban J connectivity index is 1.87. The highest BCUT2D eigenvalue weighted by Gasteiger charge is 2.21. The molecule has 1 aromatic heterocycles. The molecule has 0 unspecified atom stereocenters. The number of pyridine rings is 1. The number of thioether (sulfide) groups is 1. The first-order chi connectivity index (χ1) is 15.8. The van der Waals surface area contributed by atoms with Gasteiger partial charge in [-0.2, -0.15) is 0 Å². The summed E-state index contributed by atoms with van der Waals surface area (Å²) < 4.78 is 20.6. The number of carbonyl (C=O) groups is 2. The van der Waals surface area contributed by atoms with Crippen LogP contribution in [-0.2, 0) is 9.53 Å². The van der Waals surface area contributed by atoms with Crippen LogP contribution in [0.3, 0.4) is 0 Å². The number of halogens is 1. The number of aromatic amines is 1. The number of anilines is 1. The molecule has 9 nitrogen and oxygen atoms in total. The lowest BCUT2D eigenvalue weighted by atomic mass is 10.1. The number of aromatic nitrogens is 1. The molecular formula is C22H21ClN2O7S. The highest BCUT2D eigenvalue weighted by Crippen LogP contribution is 2.40. The standard InChI is InChI=1S/C22H21ClN2O7S/c1-29-15-8-12(9-16(30-2)20(15)31-3)24-17(26)10-33-21-18(22(28)32-4)19(27)13-7-11(23)5-6-14(13)25-21/h5-9H,10H2,1-4H3,(H,24,26)(H,25,27). The maximum atomic E-state index is 12.9. The molecule has 0 saturated heterocycles. The summed E-state index contributed by atoms with van der Waals surface area (Å²) in [4.78, 5) is 40.8. The van der Waals surface area contributed by atoms with Crippen molar-refractivity contribution in [3.63, 3.8) is 0 Å². The Hall–Kier alpha value is -3.37. The predicted octanol–water partition coefficient (Wildman–Crippen LogP) is 3.72. The number of fused-ring (bicyclic) bond motifs is 1. The number of hydrogen-bond donors (Lipinski definition) is 2. The van der Waals surface area contributed by atoms with Crippen molar-refractivity contribution in [1.82, 2.24) is 4.98 Å². The number of esters is 1. The number of amides is 1. The number of hydrogen-bond acceptors (Lipinski definition) is 8. The van der Waals surface area contributed by atoms with E-state index < -0.39 is 11.4 Å². The van der Waals surface area contributed by atoms with Crippen molar-refractivity contribution in [3.8, 4) is 17.2 Å². The fraction of sp³-hybridized carbons (Fsp3) is 0.227. The van der Waals surface area contributed by atoms with Crippen LogP contribution in [0.5, 0.6) is 17.2 Å². The largest absolute Gasteiger partial charge is 0.493 e. The van der Waals surface area contributed by atoms with Crippen LogP contribution in [0.1, 0.15) is 10.4 Å². The third-order valence-corrected chi connectivity index (χ3v) is 5.85. The molecule has 0 aliphatic carbocycles. The van der Waals surface area contributed by atoms with Crippen molar-refractivity contribution >= 4 is 51.8 Å². The second kappa shape index (κ2) is 10.5. The molecule has 0 atom stereocenters. The maximum absolute atomic E-state index is 12.9. The molecule has 3 aromatic rings. The Kier molecular flexibility index (Phi) is 7.72. The minimum absolute atomic E-state index is 0.101. The normalized spacial score (nSPS) is 10.6. The Labute approximate surface area is 198 Å². The average molecular weight is 493 g/mol. The van der Waals surface area contributed by atoms with Gasteiger partial charge in [-0.15, -0.1) is 0 Å². The molecule has 33 heavy (non-hydrogen) atoms. The van der Waals surface area contributed by atoms with Gasteiger partial charge in [-0.05, 0) is 18.2 Å². The summed E-state index contributed by atoms with van der Waals surface area (Å²) >= 11 is 6.98. The van der Waals surface area contributed by atoms with Crippen molar-refractivity contribution < 1.29 is 28.5 Å². The third kappa shape index (κ3) is 5.18. The number of carbonyl (C=O) groups excluding carboxylic acids is 2. The first-order valence-corrected chi connectivity index (χ1v) is 10.9. The predicted molar refractivity (Wildman–Crippen MR) is 126 cm³/mol. The minimum atomic E-state index is -0.814. The summed E-state index contributed by atoms with van der Waals surface area (Å²) in [5.41, 5.74) is 0.165.